The molecule has 0 saturated carbocycles. The van der Waals surface area contributed by atoms with Crippen LogP contribution in [0.5, 0.6) is 0 Å². The lowest BCUT2D eigenvalue weighted by Gasteiger charge is -2.24. The van der Waals surface area contributed by atoms with Crippen molar-refractivity contribution in [1.82, 2.24) is 9.80 Å². The molecule has 0 aromatic heterocycles. The van der Waals surface area contributed by atoms with Gasteiger partial charge in [-0.05, 0) is 33.0 Å². The molecule has 1 heterocycles. The van der Waals surface area contributed by atoms with E-state index in [1.54, 1.807) is 0 Å². The highest BCUT2D eigenvalue weighted by Gasteiger charge is 2.25. The molecule has 1 fully saturated rings. The Morgan fingerprint density at radius 3 is 2.94 bits per heavy atom. The highest BCUT2D eigenvalue weighted by molar-refractivity contribution is 5.66. The van der Waals surface area contributed by atoms with Crippen molar-refractivity contribution < 1.29 is 9.90 Å². The summed E-state index contributed by atoms with van der Waals surface area (Å²) in [6, 6.07) is 0.552. The van der Waals surface area contributed by atoms with Gasteiger partial charge in [0.25, 0.3) is 0 Å². The van der Waals surface area contributed by atoms with Gasteiger partial charge in [-0.3, -0.25) is 4.79 Å². The molecule has 0 bridgehead atoms. The number of likely N-dealkylation sites (N-methyl/N-ethyl adjacent to an activating group) is 1. The molecule has 0 radical (unpaired) electrons. The summed E-state index contributed by atoms with van der Waals surface area (Å²) in [5.41, 5.74) is 0. The van der Waals surface area contributed by atoms with Crippen molar-refractivity contribution >= 4 is 5.97 Å². The van der Waals surface area contributed by atoms with Crippen molar-refractivity contribution in [2.75, 3.05) is 33.2 Å². The second-order valence-electron chi connectivity index (χ2n) is 4.72. The maximum atomic E-state index is 10.5. The third-order valence-electron chi connectivity index (χ3n) is 3.38. The predicted octanol–water partition coefficient (Wildman–Crippen LogP) is 1.27. The molecule has 0 aliphatic carbocycles. The van der Waals surface area contributed by atoms with Crippen molar-refractivity contribution in [3.63, 3.8) is 0 Å². The SMILES string of the molecule is CCCCN1CCC(N(C)CCC(=O)O)C1. The summed E-state index contributed by atoms with van der Waals surface area (Å²) in [5.74, 6) is -0.701. The molecular formula is C12H24N2O2. The minimum Gasteiger partial charge on any atom is -0.481 e. The maximum Gasteiger partial charge on any atom is 0.304 e. The summed E-state index contributed by atoms with van der Waals surface area (Å²) in [5, 5.41) is 8.64. The van der Waals surface area contributed by atoms with Gasteiger partial charge in [0.2, 0.25) is 0 Å². The van der Waals surface area contributed by atoms with Crippen LogP contribution in [-0.4, -0.2) is 60.1 Å². The summed E-state index contributed by atoms with van der Waals surface area (Å²) in [6.07, 6.45) is 3.95. The lowest BCUT2D eigenvalue weighted by atomic mass is 10.2. The van der Waals surface area contributed by atoms with E-state index in [1.165, 1.54) is 32.4 Å². The predicted molar refractivity (Wildman–Crippen MR) is 64.6 cm³/mol. The second-order valence-corrected chi connectivity index (χ2v) is 4.72. The van der Waals surface area contributed by atoms with E-state index in [0.717, 1.165) is 6.54 Å². The summed E-state index contributed by atoms with van der Waals surface area (Å²) in [6.45, 7) is 6.35. The van der Waals surface area contributed by atoms with Crippen LogP contribution in [0, 0.1) is 0 Å². The van der Waals surface area contributed by atoms with Gasteiger partial charge in [0.05, 0.1) is 6.42 Å². The van der Waals surface area contributed by atoms with E-state index in [0.29, 0.717) is 12.6 Å². The molecule has 4 heteroatoms. The van der Waals surface area contributed by atoms with Crippen LogP contribution in [0.4, 0.5) is 0 Å². The van der Waals surface area contributed by atoms with E-state index in [2.05, 4.69) is 16.7 Å². The van der Waals surface area contributed by atoms with Crippen molar-refractivity contribution in [3.05, 3.63) is 0 Å². The highest BCUT2D eigenvalue weighted by atomic mass is 16.4. The average molecular weight is 228 g/mol. The number of carbonyl (C=O) groups is 1. The van der Waals surface area contributed by atoms with Gasteiger partial charge in [-0.2, -0.15) is 0 Å². The van der Waals surface area contributed by atoms with Gasteiger partial charge in [-0.25, -0.2) is 0 Å². The quantitative estimate of drug-likeness (QED) is 0.712. The van der Waals surface area contributed by atoms with Crippen LogP contribution >= 0.6 is 0 Å². The summed E-state index contributed by atoms with van der Waals surface area (Å²) in [7, 11) is 2.04. The molecule has 0 aromatic rings. The van der Waals surface area contributed by atoms with E-state index in [4.69, 9.17) is 5.11 Å². The largest absolute Gasteiger partial charge is 0.481 e. The fourth-order valence-electron chi connectivity index (χ4n) is 2.21. The van der Waals surface area contributed by atoms with Gasteiger partial charge >= 0.3 is 5.97 Å². The number of hydrogen-bond donors (Lipinski definition) is 1. The van der Waals surface area contributed by atoms with Crippen molar-refractivity contribution in [2.45, 2.75) is 38.6 Å². The first-order chi connectivity index (χ1) is 7.63. The Morgan fingerprint density at radius 2 is 2.31 bits per heavy atom. The van der Waals surface area contributed by atoms with Crippen molar-refractivity contribution in [3.8, 4) is 0 Å². The number of unbranched alkanes of at least 4 members (excludes halogenated alkanes) is 1. The summed E-state index contributed by atoms with van der Waals surface area (Å²) in [4.78, 5) is 15.2. The van der Waals surface area contributed by atoms with Gasteiger partial charge in [-0.1, -0.05) is 13.3 Å². The first-order valence-electron chi connectivity index (χ1n) is 6.28. The second kappa shape index (κ2) is 6.86. The Labute approximate surface area is 98.2 Å². The molecule has 94 valence electrons. The van der Waals surface area contributed by atoms with E-state index >= 15 is 0 Å². The highest BCUT2D eigenvalue weighted by Crippen LogP contribution is 2.15. The van der Waals surface area contributed by atoms with Crippen LogP contribution in [-0.2, 0) is 4.79 Å². The molecule has 1 aliphatic heterocycles. The van der Waals surface area contributed by atoms with Crippen molar-refractivity contribution in [2.24, 2.45) is 0 Å². The molecule has 0 aromatic carbocycles. The number of nitrogens with zero attached hydrogens (tertiary/aromatic N) is 2. The lowest BCUT2D eigenvalue weighted by Crippen LogP contribution is -2.36. The van der Waals surface area contributed by atoms with Crippen LogP contribution in [0.15, 0.2) is 0 Å². The van der Waals surface area contributed by atoms with Crippen molar-refractivity contribution in [1.29, 1.82) is 0 Å². The molecular weight excluding hydrogens is 204 g/mol. The number of carboxylic acid groups (broad SMARTS) is 1. The standard InChI is InChI=1S/C12H24N2O2/c1-3-4-7-14-9-5-11(10-14)13(2)8-6-12(15)16/h11H,3-10H2,1-2H3,(H,15,16). The zero-order valence-electron chi connectivity index (χ0n) is 10.5. The van der Waals surface area contributed by atoms with E-state index in [9.17, 15) is 4.79 Å². The zero-order chi connectivity index (χ0) is 12.0. The normalized spacial score (nSPS) is 21.8. The maximum absolute atomic E-state index is 10.5. The monoisotopic (exact) mass is 228 g/mol. The number of aliphatic carboxylic acids is 1. The Morgan fingerprint density at radius 1 is 1.56 bits per heavy atom. The van der Waals surface area contributed by atoms with Crippen LogP contribution < -0.4 is 0 Å². The lowest BCUT2D eigenvalue weighted by molar-refractivity contribution is -0.137. The van der Waals surface area contributed by atoms with Crippen LogP contribution in [0.2, 0.25) is 0 Å². The Balaban J connectivity index is 2.21. The molecule has 1 aliphatic rings. The van der Waals surface area contributed by atoms with Gasteiger partial charge in [-0.15, -0.1) is 0 Å². The summed E-state index contributed by atoms with van der Waals surface area (Å²) < 4.78 is 0. The Hall–Kier alpha value is -0.610. The zero-order valence-corrected chi connectivity index (χ0v) is 10.5. The van der Waals surface area contributed by atoms with Gasteiger partial charge in [0.15, 0.2) is 0 Å². The van der Waals surface area contributed by atoms with Gasteiger partial charge in [0, 0.05) is 19.1 Å². The fourth-order valence-corrected chi connectivity index (χ4v) is 2.21. The summed E-state index contributed by atoms with van der Waals surface area (Å²) >= 11 is 0. The molecule has 1 saturated heterocycles. The molecule has 4 nitrogen and oxygen atoms in total. The first kappa shape index (κ1) is 13.5. The molecule has 0 amide bonds. The molecule has 1 unspecified atom stereocenters. The number of likely N-dealkylation sites (tertiary alicyclic amines) is 1. The third kappa shape index (κ3) is 4.49. The molecule has 16 heavy (non-hydrogen) atoms. The first-order valence-corrected chi connectivity index (χ1v) is 6.28. The molecule has 1 N–H and O–H groups in total. The van der Waals surface area contributed by atoms with Gasteiger partial charge < -0.3 is 14.9 Å². The Bertz CT molecular complexity index is 221. The van der Waals surface area contributed by atoms with Crippen LogP contribution in [0.25, 0.3) is 0 Å². The van der Waals surface area contributed by atoms with E-state index in [1.807, 2.05) is 7.05 Å². The van der Waals surface area contributed by atoms with E-state index < -0.39 is 5.97 Å². The number of rotatable bonds is 7. The van der Waals surface area contributed by atoms with E-state index in [-0.39, 0.29) is 6.42 Å². The fraction of sp³-hybridized carbons (Fsp3) is 0.917. The molecule has 0 spiro atoms. The van der Waals surface area contributed by atoms with Gasteiger partial charge in [0.1, 0.15) is 0 Å². The number of hydrogen-bond acceptors (Lipinski definition) is 3. The molecule has 1 rings (SSSR count). The smallest absolute Gasteiger partial charge is 0.304 e. The minimum absolute atomic E-state index is 0.252. The minimum atomic E-state index is -0.701. The Kier molecular flexibility index (Phi) is 5.77. The number of carboxylic acids is 1. The molecule has 1 atom stereocenters. The topological polar surface area (TPSA) is 43.8 Å². The third-order valence-corrected chi connectivity index (χ3v) is 3.38. The van der Waals surface area contributed by atoms with Crippen LogP contribution in [0.1, 0.15) is 32.6 Å². The average Bonchev–Trinajstić information content (AvgIpc) is 2.71. The van der Waals surface area contributed by atoms with Crippen LogP contribution in [0.3, 0.4) is 0 Å².